The number of hydrogen-bond donors (Lipinski definition) is 1. The van der Waals surface area contributed by atoms with Crippen LogP contribution in [0.1, 0.15) is 29.7 Å². The lowest BCUT2D eigenvalue weighted by Gasteiger charge is -2.25. The summed E-state index contributed by atoms with van der Waals surface area (Å²) in [5, 5.41) is 3.84. The Kier molecular flexibility index (Phi) is 5.13. The Morgan fingerprint density at radius 1 is 1.27 bits per heavy atom. The van der Waals surface area contributed by atoms with Crippen LogP contribution in [-0.4, -0.2) is 35.4 Å². The van der Waals surface area contributed by atoms with E-state index in [0.717, 1.165) is 34.1 Å². The van der Waals surface area contributed by atoms with Crippen LogP contribution >= 0.6 is 11.3 Å². The van der Waals surface area contributed by atoms with Crippen molar-refractivity contribution in [3.63, 3.8) is 0 Å². The molecule has 3 heterocycles. The van der Waals surface area contributed by atoms with Gasteiger partial charge in [0, 0.05) is 12.6 Å². The third kappa shape index (κ3) is 3.86. The summed E-state index contributed by atoms with van der Waals surface area (Å²) in [5.74, 6) is 0.794. The monoisotopic (exact) mass is 367 g/mol. The van der Waals surface area contributed by atoms with Crippen molar-refractivity contribution in [2.45, 2.75) is 18.9 Å². The van der Waals surface area contributed by atoms with E-state index in [0.29, 0.717) is 6.54 Å². The molecule has 6 heteroatoms. The molecule has 1 saturated heterocycles. The van der Waals surface area contributed by atoms with Gasteiger partial charge in [-0.25, -0.2) is 4.98 Å². The molecule has 5 nitrogen and oxygen atoms in total. The molecule has 1 aliphatic rings. The van der Waals surface area contributed by atoms with Crippen molar-refractivity contribution in [2.24, 2.45) is 0 Å². The number of carbonyl (C=O) groups excluding carboxylic acids is 1. The molecule has 1 atom stereocenters. The molecule has 0 spiro atoms. The number of rotatable bonds is 6. The van der Waals surface area contributed by atoms with Crippen LogP contribution in [0.4, 0.5) is 0 Å². The van der Waals surface area contributed by atoms with Crippen molar-refractivity contribution in [3.8, 4) is 0 Å². The first-order valence-corrected chi connectivity index (χ1v) is 9.70. The third-order valence-electron chi connectivity index (χ3n) is 4.61. The van der Waals surface area contributed by atoms with Crippen LogP contribution in [0.25, 0.3) is 16.3 Å². The van der Waals surface area contributed by atoms with Crippen molar-refractivity contribution in [1.29, 1.82) is 0 Å². The molecule has 1 aliphatic heterocycles. The molecule has 0 saturated carbocycles. The number of para-hydroxylation sites is 1. The predicted molar refractivity (Wildman–Crippen MR) is 104 cm³/mol. The molecule has 1 amide bonds. The molecule has 2 aromatic heterocycles. The van der Waals surface area contributed by atoms with E-state index < -0.39 is 0 Å². The van der Waals surface area contributed by atoms with Gasteiger partial charge in [-0.3, -0.25) is 9.69 Å². The number of benzene rings is 1. The molecule has 26 heavy (non-hydrogen) atoms. The second-order valence-corrected chi connectivity index (χ2v) is 7.43. The van der Waals surface area contributed by atoms with Crippen LogP contribution in [0.2, 0.25) is 0 Å². The Balaban J connectivity index is 1.38. The van der Waals surface area contributed by atoms with E-state index in [4.69, 9.17) is 4.42 Å². The van der Waals surface area contributed by atoms with Crippen molar-refractivity contribution < 1.29 is 9.21 Å². The normalized spacial score (nSPS) is 16.5. The summed E-state index contributed by atoms with van der Waals surface area (Å²) in [5.41, 5.74) is 0.962. The topological polar surface area (TPSA) is 58.4 Å². The highest BCUT2D eigenvalue weighted by Gasteiger charge is 2.25. The van der Waals surface area contributed by atoms with Crippen LogP contribution in [0.3, 0.4) is 0 Å². The molecule has 1 fully saturated rings. The van der Waals surface area contributed by atoms with E-state index in [1.165, 1.54) is 12.8 Å². The highest BCUT2D eigenvalue weighted by atomic mass is 32.1. The SMILES string of the molecule is O=C(/C=C/c1nc2ccccc2s1)NC[C@H](c1ccco1)N1CCCC1. The maximum atomic E-state index is 12.3. The predicted octanol–water partition coefficient (Wildman–Crippen LogP) is 3.86. The molecule has 134 valence electrons. The Labute approximate surface area is 156 Å². The standard InChI is InChI=1S/C20H21N3O2S/c24-19(9-10-20-22-15-6-1-2-8-18(15)26-20)21-14-16(17-7-5-13-25-17)23-11-3-4-12-23/h1-2,5-10,13,16H,3-4,11-12,14H2,(H,21,24)/b10-9+/t16-/m1/s1. The fraction of sp³-hybridized carbons (Fsp3) is 0.300. The first kappa shape index (κ1) is 17.0. The highest BCUT2D eigenvalue weighted by Crippen LogP contribution is 2.25. The molecule has 0 aliphatic carbocycles. The zero-order chi connectivity index (χ0) is 17.8. The maximum Gasteiger partial charge on any atom is 0.244 e. The van der Waals surface area contributed by atoms with E-state index in [1.54, 1.807) is 29.8 Å². The average Bonchev–Trinajstić information content (AvgIpc) is 3.40. The van der Waals surface area contributed by atoms with E-state index in [-0.39, 0.29) is 11.9 Å². The minimum atomic E-state index is -0.111. The van der Waals surface area contributed by atoms with E-state index in [2.05, 4.69) is 15.2 Å². The number of amides is 1. The molecular formula is C20H21N3O2S. The van der Waals surface area contributed by atoms with Gasteiger partial charge in [0.25, 0.3) is 0 Å². The number of nitrogens with one attached hydrogen (secondary N) is 1. The summed E-state index contributed by atoms with van der Waals surface area (Å²) in [6, 6.07) is 11.9. The van der Waals surface area contributed by atoms with Gasteiger partial charge >= 0.3 is 0 Å². The second kappa shape index (κ2) is 7.85. The zero-order valence-electron chi connectivity index (χ0n) is 14.4. The van der Waals surface area contributed by atoms with Gasteiger partial charge in [0.15, 0.2) is 0 Å². The summed E-state index contributed by atoms with van der Waals surface area (Å²) in [7, 11) is 0. The zero-order valence-corrected chi connectivity index (χ0v) is 15.2. The minimum Gasteiger partial charge on any atom is -0.468 e. The van der Waals surface area contributed by atoms with Crippen molar-refractivity contribution in [2.75, 3.05) is 19.6 Å². The van der Waals surface area contributed by atoms with Gasteiger partial charge in [0.2, 0.25) is 5.91 Å². The van der Waals surface area contributed by atoms with Crippen LogP contribution in [0, 0.1) is 0 Å². The van der Waals surface area contributed by atoms with Gasteiger partial charge in [-0.15, -0.1) is 11.3 Å². The summed E-state index contributed by atoms with van der Waals surface area (Å²) in [6.07, 6.45) is 7.41. The first-order valence-electron chi connectivity index (χ1n) is 8.88. The van der Waals surface area contributed by atoms with Gasteiger partial charge in [-0.05, 0) is 56.3 Å². The molecule has 0 unspecified atom stereocenters. The third-order valence-corrected chi connectivity index (χ3v) is 5.61. The number of thiazole rings is 1. The summed E-state index contributed by atoms with van der Waals surface area (Å²) >= 11 is 1.58. The van der Waals surface area contributed by atoms with Crippen LogP contribution in [0.5, 0.6) is 0 Å². The van der Waals surface area contributed by atoms with Gasteiger partial charge in [-0.2, -0.15) is 0 Å². The molecule has 1 aromatic carbocycles. The van der Waals surface area contributed by atoms with Gasteiger partial charge in [-0.1, -0.05) is 12.1 Å². The Morgan fingerprint density at radius 3 is 2.88 bits per heavy atom. The quantitative estimate of drug-likeness (QED) is 0.672. The first-order chi connectivity index (χ1) is 12.8. The van der Waals surface area contributed by atoms with E-state index in [1.807, 2.05) is 36.4 Å². The number of furan rings is 1. The van der Waals surface area contributed by atoms with E-state index >= 15 is 0 Å². The van der Waals surface area contributed by atoms with E-state index in [9.17, 15) is 4.79 Å². The van der Waals surface area contributed by atoms with Gasteiger partial charge in [0.05, 0.1) is 22.5 Å². The highest BCUT2D eigenvalue weighted by molar-refractivity contribution is 7.19. The number of fused-ring (bicyclic) bond motifs is 1. The Bertz CT molecular complexity index is 862. The number of nitrogens with zero attached hydrogens (tertiary/aromatic N) is 2. The van der Waals surface area contributed by atoms with Crippen molar-refractivity contribution >= 4 is 33.5 Å². The second-order valence-electron chi connectivity index (χ2n) is 6.37. The van der Waals surface area contributed by atoms with Crippen LogP contribution in [0.15, 0.2) is 53.2 Å². The number of hydrogen-bond acceptors (Lipinski definition) is 5. The smallest absolute Gasteiger partial charge is 0.244 e. The largest absolute Gasteiger partial charge is 0.468 e. The number of likely N-dealkylation sites (tertiary alicyclic amines) is 1. The minimum absolute atomic E-state index is 0.0901. The fourth-order valence-corrected chi connectivity index (χ4v) is 4.18. The van der Waals surface area contributed by atoms with Gasteiger partial charge < -0.3 is 9.73 Å². The lowest BCUT2D eigenvalue weighted by molar-refractivity contribution is -0.116. The van der Waals surface area contributed by atoms with Crippen molar-refractivity contribution in [1.82, 2.24) is 15.2 Å². The maximum absolute atomic E-state index is 12.3. The summed E-state index contributed by atoms with van der Waals surface area (Å²) < 4.78 is 6.71. The van der Waals surface area contributed by atoms with Gasteiger partial charge in [0.1, 0.15) is 10.8 Å². The average molecular weight is 367 g/mol. The lowest BCUT2D eigenvalue weighted by atomic mass is 10.2. The molecule has 4 rings (SSSR count). The summed E-state index contributed by atoms with van der Waals surface area (Å²) in [6.45, 7) is 2.63. The molecule has 0 radical (unpaired) electrons. The fourth-order valence-electron chi connectivity index (χ4n) is 3.31. The lowest BCUT2D eigenvalue weighted by Crippen LogP contribution is -2.36. The Morgan fingerprint density at radius 2 is 2.12 bits per heavy atom. The summed E-state index contributed by atoms with van der Waals surface area (Å²) in [4.78, 5) is 19.1. The van der Waals surface area contributed by atoms with Crippen LogP contribution in [-0.2, 0) is 4.79 Å². The van der Waals surface area contributed by atoms with Crippen molar-refractivity contribution in [3.05, 3.63) is 59.5 Å². The molecule has 0 bridgehead atoms. The molecular weight excluding hydrogens is 346 g/mol. The molecule has 1 N–H and O–H groups in total. The Hall–Kier alpha value is -2.44. The molecule has 3 aromatic rings. The van der Waals surface area contributed by atoms with Crippen LogP contribution < -0.4 is 5.32 Å². The number of carbonyl (C=O) groups is 1. The number of aromatic nitrogens is 1.